The van der Waals surface area contributed by atoms with Crippen molar-refractivity contribution in [3.63, 3.8) is 0 Å². The molecule has 2 atom stereocenters. The summed E-state index contributed by atoms with van der Waals surface area (Å²) in [6, 6.07) is 9.60. The molecular weight excluding hydrogens is 382 g/mol. The van der Waals surface area contributed by atoms with E-state index in [9.17, 15) is 4.79 Å². The Bertz CT molecular complexity index is 624. The average molecular weight is 422 g/mol. The minimum Gasteiger partial charge on any atom is -0.366 e. The van der Waals surface area contributed by atoms with E-state index >= 15 is 0 Å². The fourth-order valence-electron chi connectivity index (χ4n) is 4.80. The van der Waals surface area contributed by atoms with Crippen molar-refractivity contribution in [2.45, 2.75) is 71.3 Å². The highest BCUT2D eigenvalue weighted by Gasteiger charge is 2.30. The molecule has 2 unspecified atom stereocenters. The van der Waals surface area contributed by atoms with Gasteiger partial charge in [0.25, 0.3) is 0 Å². The third-order valence-electron chi connectivity index (χ3n) is 6.58. The molecule has 5 heteroatoms. The van der Waals surface area contributed by atoms with Crippen molar-refractivity contribution in [2.24, 2.45) is 5.92 Å². The predicted octanol–water partition coefficient (Wildman–Crippen LogP) is 4.66. The van der Waals surface area contributed by atoms with Crippen LogP contribution in [0.5, 0.6) is 0 Å². The molecule has 1 amide bonds. The van der Waals surface area contributed by atoms with Gasteiger partial charge in [-0.05, 0) is 56.7 Å². The lowest BCUT2D eigenvalue weighted by atomic mass is 9.94. The Morgan fingerprint density at radius 1 is 1.17 bits per heavy atom. The molecular formula is C24H40ClN3O. The summed E-state index contributed by atoms with van der Waals surface area (Å²) in [5, 5.41) is 3.17. The Morgan fingerprint density at radius 2 is 2.00 bits per heavy atom. The van der Waals surface area contributed by atoms with Gasteiger partial charge in [-0.3, -0.25) is 9.69 Å². The second kappa shape index (κ2) is 12.4. The molecule has 0 saturated carbocycles. The molecule has 2 aliphatic rings. The summed E-state index contributed by atoms with van der Waals surface area (Å²) in [7, 11) is 0. The van der Waals surface area contributed by atoms with Crippen molar-refractivity contribution in [1.29, 1.82) is 0 Å². The molecule has 3 rings (SSSR count). The summed E-state index contributed by atoms with van der Waals surface area (Å²) in [6.45, 7) is 9.81. The van der Waals surface area contributed by atoms with Gasteiger partial charge < -0.3 is 10.2 Å². The number of nitrogens with one attached hydrogen (secondary N) is 1. The van der Waals surface area contributed by atoms with E-state index in [2.05, 4.69) is 53.2 Å². The Hall–Kier alpha value is -1.26. The van der Waals surface area contributed by atoms with Gasteiger partial charge in [-0.2, -0.15) is 0 Å². The molecule has 0 spiro atoms. The number of nitrogens with zero attached hydrogens (tertiary/aromatic N) is 2. The summed E-state index contributed by atoms with van der Waals surface area (Å²) < 4.78 is 0. The number of carbonyl (C=O) groups is 1. The van der Waals surface area contributed by atoms with Crippen molar-refractivity contribution in [3.05, 3.63) is 29.8 Å². The first-order valence-corrected chi connectivity index (χ1v) is 11.6. The van der Waals surface area contributed by atoms with Gasteiger partial charge >= 0.3 is 0 Å². The van der Waals surface area contributed by atoms with Crippen molar-refractivity contribution < 1.29 is 4.79 Å². The number of fused-ring (bicyclic) bond motifs is 3. The highest BCUT2D eigenvalue weighted by molar-refractivity contribution is 5.85. The van der Waals surface area contributed by atoms with Gasteiger partial charge in [0.1, 0.15) is 0 Å². The number of anilines is 1. The topological polar surface area (TPSA) is 35.6 Å². The van der Waals surface area contributed by atoms with E-state index in [0.29, 0.717) is 6.04 Å². The van der Waals surface area contributed by atoms with Crippen LogP contribution in [0.2, 0.25) is 0 Å². The minimum absolute atomic E-state index is 0. The predicted molar refractivity (Wildman–Crippen MR) is 125 cm³/mol. The molecule has 0 aromatic heterocycles. The molecule has 4 nitrogen and oxygen atoms in total. The van der Waals surface area contributed by atoms with Crippen molar-refractivity contribution >= 4 is 24.0 Å². The quantitative estimate of drug-likeness (QED) is 0.558. The van der Waals surface area contributed by atoms with Crippen molar-refractivity contribution in [1.82, 2.24) is 10.2 Å². The van der Waals surface area contributed by atoms with Gasteiger partial charge in [-0.1, -0.05) is 44.9 Å². The van der Waals surface area contributed by atoms with Crippen LogP contribution in [0.1, 0.15) is 64.4 Å². The maximum absolute atomic E-state index is 12.3. The van der Waals surface area contributed by atoms with Crippen molar-refractivity contribution in [2.75, 3.05) is 37.6 Å². The third kappa shape index (κ3) is 6.62. The molecule has 2 aliphatic heterocycles. The van der Waals surface area contributed by atoms with Gasteiger partial charge in [0.2, 0.25) is 5.91 Å². The number of para-hydroxylation sites is 1. The molecule has 0 radical (unpaired) electrons. The van der Waals surface area contributed by atoms with Gasteiger partial charge in [-0.15, -0.1) is 12.4 Å². The standard InChI is InChI=1S/C24H39N3O.ClH/c1-3-5-10-20(4-2)24(28)25-15-8-9-16-26-17-18-27-22(19-26)14-13-21-11-6-7-12-23(21)27;/h6-7,11-12,20,22H,3-5,8-10,13-19H2,1-2H3,(H,25,28);1H. The Balaban J connectivity index is 0.00000300. The average Bonchev–Trinajstić information content (AvgIpc) is 2.73. The molecule has 1 N–H and O–H groups in total. The lowest BCUT2D eigenvalue weighted by molar-refractivity contribution is -0.125. The van der Waals surface area contributed by atoms with Gasteiger partial charge in [-0.25, -0.2) is 0 Å². The van der Waals surface area contributed by atoms with Crippen LogP contribution in [0.3, 0.4) is 0 Å². The lowest BCUT2D eigenvalue weighted by Gasteiger charge is -2.46. The van der Waals surface area contributed by atoms with Crippen LogP contribution in [0.25, 0.3) is 0 Å². The number of carbonyl (C=O) groups excluding carboxylic acids is 1. The Labute approximate surface area is 183 Å². The summed E-state index contributed by atoms with van der Waals surface area (Å²) >= 11 is 0. The highest BCUT2D eigenvalue weighted by Crippen LogP contribution is 2.32. The zero-order valence-corrected chi connectivity index (χ0v) is 19.2. The number of rotatable bonds is 10. The second-order valence-electron chi connectivity index (χ2n) is 8.56. The van der Waals surface area contributed by atoms with E-state index in [-0.39, 0.29) is 24.2 Å². The number of hydrogen-bond donors (Lipinski definition) is 1. The monoisotopic (exact) mass is 421 g/mol. The first-order valence-electron chi connectivity index (χ1n) is 11.6. The normalized spacial score (nSPS) is 19.7. The largest absolute Gasteiger partial charge is 0.366 e. The lowest BCUT2D eigenvalue weighted by Crippen LogP contribution is -2.55. The van der Waals surface area contributed by atoms with Crippen LogP contribution in [-0.2, 0) is 11.2 Å². The minimum atomic E-state index is 0. The Kier molecular flexibility index (Phi) is 10.3. The van der Waals surface area contributed by atoms with E-state index in [1.165, 1.54) is 43.5 Å². The number of aryl methyl sites for hydroxylation is 1. The fourth-order valence-corrected chi connectivity index (χ4v) is 4.80. The smallest absolute Gasteiger partial charge is 0.223 e. The summed E-state index contributed by atoms with van der Waals surface area (Å²) in [5.74, 6) is 0.479. The fraction of sp³-hybridized carbons (Fsp3) is 0.708. The van der Waals surface area contributed by atoms with Gasteiger partial charge in [0, 0.05) is 43.8 Å². The highest BCUT2D eigenvalue weighted by atomic mass is 35.5. The Morgan fingerprint density at radius 3 is 2.79 bits per heavy atom. The number of halogens is 1. The third-order valence-corrected chi connectivity index (χ3v) is 6.58. The maximum atomic E-state index is 12.3. The van der Waals surface area contributed by atoms with E-state index in [1.54, 1.807) is 0 Å². The van der Waals surface area contributed by atoms with Crippen LogP contribution in [-0.4, -0.2) is 49.6 Å². The van der Waals surface area contributed by atoms with Crippen molar-refractivity contribution in [3.8, 4) is 0 Å². The first kappa shape index (κ1) is 24.0. The van der Waals surface area contributed by atoms with Gasteiger partial charge in [0.15, 0.2) is 0 Å². The molecule has 0 bridgehead atoms. The van der Waals surface area contributed by atoms with Crippen LogP contribution in [0.4, 0.5) is 5.69 Å². The van der Waals surface area contributed by atoms with E-state index in [1.807, 2.05) is 0 Å². The van der Waals surface area contributed by atoms with E-state index < -0.39 is 0 Å². The first-order chi connectivity index (χ1) is 13.7. The molecule has 1 fully saturated rings. The maximum Gasteiger partial charge on any atom is 0.223 e. The number of amides is 1. The zero-order chi connectivity index (χ0) is 19.8. The van der Waals surface area contributed by atoms with Crippen LogP contribution in [0, 0.1) is 5.92 Å². The molecule has 1 saturated heterocycles. The summed E-state index contributed by atoms with van der Waals surface area (Å²) in [5.41, 5.74) is 2.99. The molecule has 164 valence electrons. The number of unbranched alkanes of at least 4 members (excludes halogenated alkanes) is 2. The second-order valence-corrected chi connectivity index (χ2v) is 8.56. The SMILES string of the molecule is CCCCC(CC)C(=O)NCCCCN1CCN2c3ccccc3CCC2C1.Cl. The summed E-state index contributed by atoms with van der Waals surface area (Å²) in [4.78, 5) is 17.5. The van der Waals surface area contributed by atoms with Crippen LogP contribution >= 0.6 is 12.4 Å². The van der Waals surface area contributed by atoms with Crippen LogP contribution < -0.4 is 10.2 Å². The molecule has 1 aromatic carbocycles. The molecule has 0 aliphatic carbocycles. The van der Waals surface area contributed by atoms with Gasteiger partial charge in [0.05, 0.1) is 0 Å². The molecule has 1 aromatic rings. The van der Waals surface area contributed by atoms with Crippen LogP contribution in [0.15, 0.2) is 24.3 Å². The number of hydrogen-bond acceptors (Lipinski definition) is 3. The molecule has 29 heavy (non-hydrogen) atoms. The molecule has 2 heterocycles. The zero-order valence-electron chi connectivity index (χ0n) is 18.4. The summed E-state index contributed by atoms with van der Waals surface area (Å²) in [6.07, 6.45) is 9.08. The number of benzene rings is 1. The van der Waals surface area contributed by atoms with E-state index in [4.69, 9.17) is 0 Å². The number of piperazine rings is 1. The van der Waals surface area contributed by atoms with E-state index in [0.717, 1.165) is 51.9 Å².